The van der Waals surface area contributed by atoms with Crippen LogP contribution in [0.2, 0.25) is 39.3 Å². The second-order valence-electron chi connectivity index (χ2n) is 4.50. The summed E-state index contributed by atoms with van der Waals surface area (Å²) in [7, 11) is -2.72. The summed E-state index contributed by atoms with van der Waals surface area (Å²) < 4.78 is 0. The van der Waals surface area contributed by atoms with Gasteiger partial charge in [0.2, 0.25) is 0 Å². The molecule has 64 valence electrons. The molecule has 2 nitrogen and oxygen atoms in total. The molecule has 12 heavy (non-hydrogen) atoms. The molecule has 0 fully saturated rings. The van der Waals surface area contributed by atoms with Gasteiger partial charge in [0, 0.05) is 0 Å². The monoisotopic (exact) mass is 190 g/mol. The second kappa shape index (κ2) is 9.12. The number of hydrogen-bond donors (Lipinski definition) is 0. The summed E-state index contributed by atoms with van der Waals surface area (Å²) in [5, 5.41) is 14.2. The molecule has 0 spiro atoms. The zero-order chi connectivity index (χ0) is 9.00. The van der Waals surface area contributed by atoms with E-state index in [4.69, 9.17) is 10.8 Å². The van der Waals surface area contributed by atoms with Crippen molar-refractivity contribution in [2.24, 2.45) is 0 Å². The van der Waals surface area contributed by atoms with Gasteiger partial charge in [0.25, 0.3) is 0 Å². The van der Waals surface area contributed by atoms with Gasteiger partial charge in [-0.2, -0.15) is 0 Å². The van der Waals surface area contributed by atoms with Gasteiger partial charge < -0.3 is 10.8 Å². The summed E-state index contributed by atoms with van der Waals surface area (Å²) in [4.78, 5) is 0. The van der Waals surface area contributed by atoms with E-state index in [9.17, 15) is 0 Å². The topological polar surface area (TPSA) is 47.6 Å². The van der Waals surface area contributed by atoms with E-state index in [0.717, 1.165) is 0 Å². The molecule has 0 aromatic heterocycles. The Hall–Kier alpha value is 1.55. The summed E-state index contributed by atoms with van der Waals surface area (Å²) >= 11 is 0. The standard InChI is InChI=1S/2C3H10NSi.2Li/c2*1-5(2,3)4;;/h2*4H,1-3H3;;/q2*-1;2*+1. The molecule has 0 aromatic rings. The number of hydrogen-bond acceptors (Lipinski definition) is 0. The Morgan fingerprint density at radius 3 is 0.583 bits per heavy atom. The molecule has 0 aliphatic heterocycles. The van der Waals surface area contributed by atoms with Crippen LogP contribution < -0.4 is 37.7 Å². The fraction of sp³-hybridized carbons (Fsp3) is 1.00. The van der Waals surface area contributed by atoms with E-state index in [0.29, 0.717) is 0 Å². The van der Waals surface area contributed by atoms with E-state index in [-0.39, 0.29) is 37.7 Å². The molecule has 0 radical (unpaired) electrons. The van der Waals surface area contributed by atoms with Crippen LogP contribution in [-0.2, 0) is 0 Å². The maximum Gasteiger partial charge on any atom is 1.00 e. The van der Waals surface area contributed by atoms with Gasteiger partial charge in [-0.1, -0.05) is 55.8 Å². The molecule has 0 saturated carbocycles. The van der Waals surface area contributed by atoms with E-state index in [1.54, 1.807) is 0 Å². The molecule has 0 amide bonds. The molecule has 0 aliphatic rings. The van der Waals surface area contributed by atoms with Crippen molar-refractivity contribution in [3.05, 3.63) is 10.8 Å². The van der Waals surface area contributed by atoms with Crippen molar-refractivity contribution in [3.63, 3.8) is 0 Å². The smallest absolute Gasteiger partial charge is 0.680 e. The molecule has 0 aliphatic carbocycles. The van der Waals surface area contributed by atoms with Gasteiger partial charge in [-0.05, 0) is 0 Å². The van der Waals surface area contributed by atoms with Gasteiger partial charge in [-0.15, -0.1) is 0 Å². The molecule has 2 N–H and O–H groups in total. The average Bonchev–Trinajstić information content (AvgIpc) is 1.12. The minimum absolute atomic E-state index is 0. The second-order valence-corrected chi connectivity index (χ2v) is 13.5. The van der Waals surface area contributed by atoms with E-state index < -0.39 is 16.5 Å². The van der Waals surface area contributed by atoms with Gasteiger partial charge >= 0.3 is 37.7 Å². The van der Waals surface area contributed by atoms with Crippen LogP contribution in [0.25, 0.3) is 10.8 Å². The molecule has 0 unspecified atom stereocenters. The van der Waals surface area contributed by atoms with E-state index in [1.165, 1.54) is 0 Å². The molecule has 0 heterocycles. The fourth-order valence-corrected chi connectivity index (χ4v) is 0. The summed E-state index contributed by atoms with van der Waals surface area (Å²) in [6, 6.07) is 0. The molecular formula is C6H20Li2N2Si2. The molecule has 0 bridgehead atoms. The first kappa shape index (κ1) is 23.4. The molecule has 0 aromatic carbocycles. The molecule has 6 heteroatoms. The van der Waals surface area contributed by atoms with Crippen molar-refractivity contribution < 1.29 is 37.7 Å². The van der Waals surface area contributed by atoms with Gasteiger partial charge in [-0.25, -0.2) is 0 Å². The maximum absolute atomic E-state index is 7.08. The Labute approximate surface area is 104 Å². The van der Waals surface area contributed by atoms with Crippen molar-refractivity contribution in [1.82, 2.24) is 0 Å². The minimum atomic E-state index is -1.36. The Kier molecular flexibility index (Phi) is 17.8. The van der Waals surface area contributed by atoms with E-state index in [1.807, 2.05) is 39.3 Å². The van der Waals surface area contributed by atoms with Gasteiger partial charge in [-0.3, -0.25) is 0 Å². The normalized spacial score (nSPS) is 10.0. The van der Waals surface area contributed by atoms with Crippen molar-refractivity contribution in [1.29, 1.82) is 0 Å². The zero-order valence-electron chi connectivity index (χ0n) is 10.0. The zero-order valence-corrected chi connectivity index (χ0v) is 12.0. The number of rotatable bonds is 0. The maximum atomic E-state index is 7.08. The largest absolute Gasteiger partial charge is 1.00 e. The number of nitrogens with one attached hydrogen (secondary N) is 2. The predicted octanol–water partition coefficient (Wildman–Crippen LogP) is -2.24. The fourth-order valence-electron chi connectivity index (χ4n) is 0. The van der Waals surface area contributed by atoms with Crippen LogP contribution in [0, 0.1) is 0 Å². The van der Waals surface area contributed by atoms with Crippen molar-refractivity contribution in [2.75, 3.05) is 0 Å². The SMILES string of the molecule is C[Si](C)(C)[NH-].C[Si](C)(C)[NH-].[Li+].[Li+]. The first-order valence-electron chi connectivity index (χ1n) is 3.50. The van der Waals surface area contributed by atoms with Crippen LogP contribution >= 0.6 is 0 Å². The van der Waals surface area contributed by atoms with Crippen LogP contribution in [0.3, 0.4) is 0 Å². The third-order valence-corrected chi connectivity index (χ3v) is 0. The summed E-state index contributed by atoms with van der Waals surface area (Å²) in [6.07, 6.45) is 0. The third kappa shape index (κ3) is 536. The molecular weight excluding hydrogens is 170 g/mol. The Morgan fingerprint density at radius 1 is 0.583 bits per heavy atom. The van der Waals surface area contributed by atoms with Gasteiger partial charge in [0.1, 0.15) is 0 Å². The molecule has 0 rings (SSSR count). The Morgan fingerprint density at radius 2 is 0.583 bits per heavy atom. The Balaban J connectivity index is -0.0000000457. The minimum Gasteiger partial charge on any atom is -0.680 e. The quantitative estimate of drug-likeness (QED) is 0.388. The van der Waals surface area contributed by atoms with Crippen molar-refractivity contribution in [3.8, 4) is 0 Å². The van der Waals surface area contributed by atoms with Crippen molar-refractivity contribution in [2.45, 2.75) is 39.3 Å². The van der Waals surface area contributed by atoms with E-state index >= 15 is 0 Å². The molecule has 0 atom stereocenters. The summed E-state index contributed by atoms with van der Waals surface area (Å²) in [6.45, 7) is 12.0. The predicted molar refractivity (Wildman–Crippen MR) is 55.3 cm³/mol. The van der Waals surface area contributed by atoms with Crippen molar-refractivity contribution >= 4 is 16.5 Å². The van der Waals surface area contributed by atoms with Crippen LogP contribution in [0.5, 0.6) is 0 Å². The average molecular weight is 190 g/mol. The van der Waals surface area contributed by atoms with Crippen LogP contribution in [0.4, 0.5) is 0 Å². The van der Waals surface area contributed by atoms with Crippen LogP contribution in [0.1, 0.15) is 0 Å². The first-order valence-corrected chi connectivity index (χ1v) is 10.5. The van der Waals surface area contributed by atoms with Crippen LogP contribution in [-0.4, -0.2) is 16.5 Å². The summed E-state index contributed by atoms with van der Waals surface area (Å²) in [5.41, 5.74) is 0. The third-order valence-electron chi connectivity index (χ3n) is 0. The van der Waals surface area contributed by atoms with Gasteiger partial charge in [0.15, 0.2) is 0 Å². The first-order chi connectivity index (χ1) is 4.00. The Bertz CT molecular complexity index is 64.5. The van der Waals surface area contributed by atoms with E-state index in [2.05, 4.69) is 0 Å². The summed E-state index contributed by atoms with van der Waals surface area (Å²) in [5.74, 6) is 0. The van der Waals surface area contributed by atoms with Gasteiger partial charge in [0.05, 0.1) is 0 Å². The molecule has 0 saturated heterocycles. The van der Waals surface area contributed by atoms with Crippen LogP contribution in [0.15, 0.2) is 0 Å².